The lowest BCUT2D eigenvalue weighted by molar-refractivity contribution is -0.150. The molecule has 1 heterocycles. The Labute approximate surface area is 155 Å². The molecule has 2 aromatic rings. The fraction of sp³-hybridized carbons (Fsp3) is 0.278. The molecule has 2 rings (SSSR count). The van der Waals surface area contributed by atoms with E-state index < -0.39 is 11.9 Å². The first-order chi connectivity index (χ1) is 12.5. The van der Waals surface area contributed by atoms with E-state index in [-0.39, 0.29) is 19.1 Å². The van der Waals surface area contributed by atoms with Crippen molar-refractivity contribution in [2.24, 2.45) is 0 Å². The van der Waals surface area contributed by atoms with E-state index >= 15 is 0 Å². The summed E-state index contributed by atoms with van der Waals surface area (Å²) >= 11 is 1.55. The first-order valence-electron chi connectivity index (χ1n) is 7.84. The molecule has 1 aromatic heterocycles. The number of rotatable bonds is 8. The van der Waals surface area contributed by atoms with Crippen LogP contribution in [-0.2, 0) is 20.9 Å². The lowest BCUT2D eigenvalue weighted by Gasteiger charge is -2.16. The molecule has 0 aliphatic heterocycles. The Kier molecular flexibility index (Phi) is 7.16. The SMILES string of the molecule is COc1ccc(C(=O)NCC(=O)OCC(=O)N(C)Cc2cccs2)cc1. The van der Waals surface area contributed by atoms with E-state index in [1.54, 1.807) is 42.6 Å². The largest absolute Gasteiger partial charge is 0.497 e. The lowest BCUT2D eigenvalue weighted by atomic mass is 10.2. The van der Waals surface area contributed by atoms with Crippen LogP contribution >= 0.6 is 11.3 Å². The molecule has 0 saturated heterocycles. The number of nitrogens with one attached hydrogen (secondary N) is 1. The van der Waals surface area contributed by atoms with Gasteiger partial charge in [0.25, 0.3) is 11.8 Å². The summed E-state index contributed by atoms with van der Waals surface area (Å²) in [6.45, 7) is -0.214. The summed E-state index contributed by atoms with van der Waals surface area (Å²) in [5, 5.41) is 4.38. The van der Waals surface area contributed by atoms with E-state index in [2.05, 4.69) is 5.32 Å². The minimum atomic E-state index is -0.676. The second-order valence-electron chi connectivity index (χ2n) is 5.40. The van der Waals surface area contributed by atoms with E-state index in [0.717, 1.165) is 4.88 Å². The number of likely N-dealkylation sites (N-methyl/N-ethyl adjacent to an activating group) is 1. The smallest absolute Gasteiger partial charge is 0.325 e. The van der Waals surface area contributed by atoms with E-state index in [1.165, 1.54) is 12.0 Å². The summed E-state index contributed by atoms with van der Waals surface area (Å²) in [6, 6.07) is 10.3. The standard InChI is InChI=1S/C18H20N2O5S/c1-20(11-15-4-3-9-26-15)16(21)12-25-17(22)10-19-18(23)13-5-7-14(24-2)8-6-13/h3-9H,10-12H2,1-2H3,(H,19,23). The molecule has 26 heavy (non-hydrogen) atoms. The van der Waals surface area contributed by atoms with Gasteiger partial charge in [0.05, 0.1) is 13.7 Å². The number of hydrogen-bond donors (Lipinski definition) is 1. The maximum absolute atomic E-state index is 11.9. The summed E-state index contributed by atoms with van der Waals surface area (Å²) in [5.74, 6) is -0.769. The fourth-order valence-corrected chi connectivity index (χ4v) is 2.78. The molecule has 0 atom stereocenters. The van der Waals surface area contributed by atoms with Crippen molar-refractivity contribution in [3.63, 3.8) is 0 Å². The van der Waals surface area contributed by atoms with Crippen LogP contribution in [0.4, 0.5) is 0 Å². The minimum Gasteiger partial charge on any atom is -0.497 e. The number of benzene rings is 1. The first kappa shape index (κ1) is 19.5. The van der Waals surface area contributed by atoms with Crippen molar-refractivity contribution in [1.29, 1.82) is 0 Å². The number of thiophene rings is 1. The molecule has 7 nitrogen and oxygen atoms in total. The summed E-state index contributed by atoms with van der Waals surface area (Å²) in [7, 11) is 3.17. The van der Waals surface area contributed by atoms with Gasteiger partial charge in [0.15, 0.2) is 6.61 Å². The molecule has 0 fully saturated rings. The molecule has 0 radical (unpaired) electrons. The van der Waals surface area contributed by atoms with Gasteiger partial charge < -0.3 is 19.7 Å². The number of ether oxygens (including phenoxy) is 2. The Morgan fingerprint density at radius 2 is 1.88 bits per heavy atom. The van der Waals surface area contributed by atoms with Crippen LogP contribution in [0.1, 0.15) is 15.2 Å². The van der Waals surface area contributed by atoms with Gasteiger partial charge in [-0.2, -0.15) is 0 Å². The van der Waals surface area contributed by atoms with Crippen LogP contribution in [0.25, 0.3) is 0 Å². The lowest BCUT2D eigenvalue weighted by Crippen LogP contribution is -2.34. The molecular weight excluding hydrogens is 356 g/mol. The number of hydrogen-bond acceptors (Lipinski definition) is 6. The van der Waals surface area contributed by atoms with E-state index in [1.807, 2.05) is 17.5 Å². The summed E-state index contributed by atoms with van der Waals surface area (Å²) in [4.78, 5) is 38.1. The van der Waals surface area contributed by atoms with Gasteiger partial charge in [0.2, 0.25) is 0 Å². The predicted molar refractivity (Wildman–Crippen MR) is 97.1 cm³/mol. The molecule has 1 aromatic carbocycles. The Balaban J connectivity index is 1.70. The highest BCUT2D eigenvalue weighted by Crippen LogP contribution is 2.11. The topological polar surface area (TPSA) is 84.9 Å². The van der Waals surface area contributed by atoms with E-state index in [0.29, 0.717) is 17.9 Å². The number of methoxy groups -OCH3 is 1. The van der Waals surface area contributed by atoms with Crippen LogP contribution in [0.5, 0.6) is 5.75 Å². The molecule has 0 aliphatic rings. The molecule has 0 unspecified atom stereocenters. The predicted octanol–water partition coefficient (Wildman–Crippen LogP) is 1.69. The second-order valence-corrected chi connectivity index (χ2v) is 6.43. The van der Waals surface area contributed by atoms with Gasteiger partial charge in [-0.15, -0.1) is 11.3 Å². The van der Waals surface area contributed by atoms with Crippen LogP contribution in [-0.4, -0.2) is 50.0 Å². The van der Waals surface area contributed by atoms with Crippen molar-refractivity contribution >= 4 is 29.1 Å². The number of amides is 2. The van der Waals surface area contributed by atoms with Gasteiger partial charge in [0.1, 0.15) is 12.3 Å². The molecule has 0 spiro atoms. The van der Waals surface area contributed by atoms with Crippen LogP contribution in [0, 0.1) is 0 Å². The summed E-state index contributed by atoms with van der Waals surface area (Å²) in [5.41, 5.74) is 0.394. The third-order valence-corrected chi connectivity index (χ3v) is 4.36. The highest BCUT2D eigenvalue weighted by molar-refractivity contribution is 7.09. The molecular formula is C18H20N2O5S. The summed E-state index contributed by atoms with van der Waals surface area (Å²) in [6.07, 6.45) is 0. The zero-order chi connectivity index (χ0) is 18.9. The quantitative estimate of drug-likeness (QED) is 0.709. The number of carbonyl (C=O) groups is 3. The number of carbonyl (C=O) groups excluding carboxylic acids is 3. The van der Waals surface area contributed by atoms with Crippen LogP contribution in [0.3, 0.4) is 0 Å². The van der Waals surface area contributed by atoms with Crippen molar-refractivity contribution in [2.45, 2.75) is 6.54 Å². The third kappa shape index (κ3) is 5.89. The maximum Gasteiger partial charge on any atom is 0.325 e. The molecule has 0 aliphatic carbocycles. The van der Waals surface area contributed by atoms with Crippen LogP contribution in [0.15, 0.2) is 41.8 Å². The molecule has 1 N–H and O–H groups in total. The average Bonchev–Trinajstić information content (AvgIpc) is 3.17. The van der Waals surface area contributed by atoms with E-state index in [9.17, 15) is 14.4 Å². The van der Waals surface area contributed by atoms with Crippen molar-refractivity contribution in [1.82, 2.24) is 10.2 Å². The molecule has 8 heteroatoms. The summed E-state index contributed by atoms with van der Waals surface area (Å²) < 4.78 is 9.92. The minimum absolute atomic E-state index is 0.312. The number of esters is 1. The normalized spacial score (nSPS) is 10.1. The molecule has 0 bridgehead atoms. The van der Waals surface area contributed by atoms with Crippen LogP contribution in [0.2, 0.25) is 0 Å². The monoisotopic (exact) mass is 376 g/mol. The number of nitrogens with zero attached hydrogens (tertiary/aromatic N) is 1. The van der Waals surface area contributed by atoms with Crippen molar-refractivity contribution in [3.05, 3.63) is 52.2 Å². The van der Waals surface area contributed by atoms with Gasteiger partial charge >= 0.3 is 5.97 Å². The van der Waals surface area contributed by atoms with Crippen molar-refractivity contribution in [2.75, 3.05) is 27.3 Å². The Bertz CT molecular complexity index is 743. The van der Waals surface area contributed by atoms with Gasteiger partial charge in [-0.25, -0.2) is 0 Å². The Morgan fingerprint density at radius 1 is 1.15 bits per heavy atom. The van der Waals surface area contributed by atoms with Crippen molar-refractivity contribution < 1.29 is 23.9 Å². The highest BCUT2D eigenvalue weighted by atomic mass is 32.1. The maximum atomic E-state index is 11.9. The zero-order valence-electron chi connectivity index (χ0n) is 14.6. The van der Waals surface area contributed by atoms with Crippen LogP contribution < -0.4 is 10.1 Å². The van der Waals surface area contributed by atoms with Gasteiger partial charge in [-0.1, -0.05) is 6.07 Å². The Hall–Kier alpha value is -2.87. The average molecular weight is 376 g/mol. The molecule has 138 valence electrons. The molecule has 2 amide bonds. The first-order valence-corrected chi connectivity index (χ1v) is 8.71. The fourth-order valence-electron chi connectivity index (χ4n) is 2.02. The van der Waals surface area contributed by atoms with Crippen molar-refractivity contribution in [3.8, 4) is 5.75 Å². The Morgan fingerprint density at radius 3 is 2.50 bits per heavy atom. The van der Waals surface area contributed by atoms with Gasteiger partial charge in [-0.3, -0.25) is 14.4 Å². The van der Waals surface area contributed by atoms with Gasteiger partial charge in [0, 0.05) is 17.5 Å². The zero-order valence-corrected chi connectivity index (χ0v) is 15.4. The van der Waals surface area contributed by atoms with E-state index in [4.69, 9.17) is 9.47 Å². The third-order valence-electron chi connectivity index (χ3n) is 3.50. The van der Waals surface area contributed by atoms with Gasteiger partial charge in [-0.05, 0) is 35.7 Å². The highest BCUT2D eigenvalue weighted by Gasteiger charge is 2.14. The second kappa shape index (κ2) is 9.57. The molecule has 0 saturated carbocycles.